The highest BCUT2D eigenvalue weighted by molar-refractivity contribution is 5.80. The van der Waals surface area contributed by atoms with Crippen LogP contribution in [0.5, 0.6) is 0 Å². The lowest BCUT2D eigenvalue weighted by molar-refractivity contribution is -0.120. The molecule has 0 aliphatic rings. The fourth-order valence-electron chi connectivity index (χ4n) is 2.65. The summed E-state index contributed by atoms with van der Waals surface area (Å²) in [6, 6.07) is 6.07. The van der Waals surface area contributed by atoms with E-state index in [4.69, 9.17) is 4.74 Å². The smallest absolute Gasteiger partial charge is 0.224 e. The van der Waals surface area contributed by atoms with Crippen molar-refractivity contribution in [1.29, 1.82) is 0 Å². The predicted octanol–water partition coefficient (Wildman–Crippen LogP) is 2.10. The number of hydrogen-bond acceptors (Lipinski definition) is 3. The molecule has 0 saturated heterocycles. The first-order valence-corrected chi connectivity index (χ1v) is 9.53. The van der Waals surface area contributed by atoms with Gasteiger partial charge in [0.25, 0.3) is 0 Å². The van der Waals surface area contributed by atoms with Crippen LogP contribution < -0.4 is 16.0 Å². The molecule has 0 aliphatic heterocycles. The molecule has 0 bridgehead atoms. The molecule has 27 heavy (non-hydrogen) atoms. The Balaban J connectivity index is 2.22. The van der Waals surface area contributed by atoms with E-state index >= 15 is 0 Å². The SMILES string of the molecule is CCOC(CCNC(=NC)NCCNC(=O)Cc1cccc(F)c1)C(C)C. The number of nitrogens with one attached hydrogen (secondary N) is 3. The maximum atomic E-state index is 13.1. The average Bonchev–Trinajstić information content (AvgIpc) is 2.62. The van der Waals surface area contributed by atoms with Gasteiger partial charge in [0.2, 0.25) is 5.91 Å². The maximum absolute atomic E-state index is 13.1. The molecule has 1 rings (SSSR count). The Morgan fingerprint density at radius 1 is 1.19 bits per heavy atom. The van der Waals surface area contributed by atoms with Crippen LogP contribution in [0.1, 0.15) is 32.8 Å². The minimum atomic E-state index is -0.333. The van der Waals surface area contributed by atoms with Gasteiger partial charge in [0.1, 0.15) is 5.82 Å². The standard InChI is InChI=1S/C20H33FN4O2/c1-5-27-18(15(2)3)9-10-24-20(22-4)25-12-11-23-19(26)14-16-7-6-8-17(21)13-16/h6-8,13,15,18H,5,9-12,14H2,1-4H3,(H,23,26)(H2,22,24,25). The van der Waals surface area contributed by atoms with Crippen molar-refractivity contribution in [2.24, 2.45) is 10.9 Å². The summed E-state index contributed by atoms with van der Waals surface area (Å²) in [5.41, 5.74) is 0.659. The van der Waals surface area contributed by atoms with Gasteiger partial charge in [-0.05, 0) is 37.0 Å². The van der Waals surface area contributed by atoms with E-state index in [1.807, 2.05) is 6.92 Å². The zero-order valence-corrected chi connectivity index (χ0v) is 16.8. The molecule has 1 unspecified atom stereocenters. The lowest BCUT2D eigenvalue weighted by atomic mass is 10.0. The summed E-state index contributed by atoms with van der Waals surface area (Å²) in [7, 11) is 1.71. The van der Waals surface area contributed by atoms with Gasteiger partial charge in [-0.25, -0.2) is 4.39 Å². The summed E-state index contributed by atoms with van der Waals surface area (Å²) in [6.07, 6.45) is 1.29. The van der Waals surface area contributed by atoms with Crippen molar-refractivity contribution in [2.75, 3.05) is 33.3 Å². The van der Waals surface area contributed by atoms with Crippen molar-refractivity contribution in [2.45, 2.75) is 39.7 Å². The molecule has 0 radical (unpaired) electrons. The molecule has 0 saturated carbocycles. The molecule has 152 valence electrons. The Morgan fingerprint density at radius 3 is 2.52 bits per heavy atom. The Kier molecular flexibility index (Phi) is 11.1. The summed E-state index contributed by atoms with van der Waals surface area (Å²) in [6.45, 7) is 8.79. The molecule has 0 fully saturated rings. The van der Waals surface area contributed by atoms with E-state index < -0.39 is 0 Å². The molecule has 1 atom stereocenters. The molecule has 0 heterocycles. The average molecular weight is 381 g/mol. The fourth-order valence-corrected chi connectivity index (χ4v) is 2.65. The van der Waals surface area contributed by atoms with Crippen LogP contribution in [-0.4, -0.2) is 51.3 Å². The van der Waals surface area contributed by atoms with Crippen LogP contribution in [-0.2, 0) is 16.0 Å². The van der Waals surface area contributed by atoms with Crippen LogP contribution in [0.3, 0.4) is 0 Å². The number of ether oxygens (including phenoxy) is 1. The van der Waals surface area contributed by atoms with E-state index in [9.17, 15) is 9.18 Å². The van der Waals surface area contributed by atoms with Gasteiger partial charge in [0.15, 0.2) is 5.96 Å². The third-order valence-corrected chi connectivity index (χ3v) is 4.06. The molecule has 0 aromatic heterocycles. The summed E-state index contributed by atoms with van der Waals surface area (Å²) in [4.78, 5) is 16.1. The molecule has 1 amide bonds. The minimum absolute atomic E-state index is 0.137. The Hall–Kier alpha value is -2.15. The molecular formula is C20H33FN4O2. The predicted molar refractivity (Wildman–Crippen MR) is 107 cm³/mol. The van der Waals surface area contributed by atoms with Crippen molar-refractivity contribution in [3.8, 4) is 0 Å². The van der Waals surface area contributed by atoms with E-state index in [2.05, 4.69) is 34.8 Å². The van der Waals surface area contributed by atoms with Crippen molar-refractivity contribution >= 4 is 11.9 Å². The topological polar surface area (TPSA) is 74.8 Å². The van der Waals surface area contributed by atoms with E-state index in [0.29, 0.717) is 37.1 Å². The molecule has 1 aromatic rings. The van der Waals surface area contributed by atoms with Gasteiger partial charge < -0.3 is 20.7 Å². The monoisotopic (exact) mass is 380 g/mol. The van der Waals surface area contributed by atoms with Crippen LogP contribution in [0.15, 0.2) is 29.3 Å². The lowest BCUT2D eigenvalue weighted by Gasteiger charge is -2.21. The first-order chi connectivity index (χ1) is 13.0. The fraction of sp³-hybridized carbons (Fsp3) is 0.600. The van der Waals surface area contributed by atoms with Gasteiger partial charge in [0.05, 0.1) is 12.5 Å². The van der Waals surface area contributed by atoms with Crippen LogP contribution in [0.4, 0.5) is 4.39 Å². The Bertz CT molecular complexity index is 593. The second-order valence-corrected chi connectivity index (χ2v) is 6.61. The third kappa shape index (κ3) is 9.94. The summed E-state index contributed by atoms with van der Waals surface area (Å²) >= 11 is 0. The number of amides is 1. The number of benzene rings is 1. The zero-order chi connectivity index (χ0) is 20.1. The van der Waals surface area contributed by atoms with Crippen LogP contribution in [0, 0.1) is 11.7 Å². The molecule has 6 nitrogen and oxygen atoms in total. The van der Waals surface area contributed by atoms with Crippen LogP contribution >= 0.6 is 0 Å². The van der Waals surface area contributed by atoms with Gasteiger partial charge in [-0.3, -0.25) is 9.79 Å². The Labute approximate surface area is 162 Å². The van der Waals surface area contributed by atoms with Crippen LogP contribution in [0.25, 0.3) is 0 Å². The molecular weight excluding hydrogens is 347 g/mol. The van der Waals surface area contributed by atoms with Crippen LogP contribution in [0.2, 0.25) is 0 Å². The quantitative estimate of drug-likeness (QED) is 0.312. The lowest BCUT2D eigenvalue weighted by Crippen LogP contribution is -2.42. The number of guanidine groups is 1. The van der Waals surface area contributed by atoms with Gasteiger partial charge in [-0.2, -0.15) is 0 Å². The maximum Gasteiger partial charge on any atom is 0.224 e. The van der Waals surface area contributed by atoms with Gasteiger partial charge in [0, 0.05) is 33.3 Å². The van der Waals surface area contributed by atoms with Gasteiger partial charge in [-0.15, -0.1) is 0 Å². The number of hydrogen-bond donors (Lipinski definition) is 3. The first kappa shape index (κ1) is 22.9. The molecule has 0 spiro atoms. The zero-order valence-electron chi connectivity index (χ0n) is 16.8. The normalized spacial score (nSPS) is 12.7. The number of nitrogens with zero attached hydrogens (tertiary/aromatic N) is 1. The molecule has 1 aromatic carbocycles. The van der Waals surface area contributed by atoms with E-state index in [1.54, 1.807) is 19.2 Å². The number of halogens is 1. The van der Waals surface area contributed by atoms with Gasteiger partial charge >= 0.3 is 0 Å². The summed E-state index contributed by atoms with van der Waals surface area (Å²) < 4.78 is 18.8. The Morgan fingerprint density at radius 2 is 1.89 bits per heavy atom. The number of aliphatic imine (C=N–C) groups is 1. The third-order valence-electron chi connectivity index (χ3n) is 4.06. The van der Waals surface area contributed by atoms with Crippen molar-refractivity contribution in [3.63, 3.8) is 0 Å². The number of rotatable bonds is 11. The van der Waals surface area contributed by atoms with Crippen molar-refractivity contribution in [3.05, 3.63) is 35.6 Å². The number of carbonyl (C=O) groups excluding carboxylic acids is 1. The van der Waals surface area contributed by atoms with E-state index in [0.717, 1.165) is 13.0 Å². The van der Waals surface area contributed by atoms with Crippen molar-refractivity contribution in [1.82, 2.24) is 16.0 Å². The largest absolute Gasteiger partial charge is 0.378 e. The highest BCUT2D eigenvalue weighted by atomic mass is 19.1. The second kappa shape index (κ2) is 13.1. The van der Waals surface area contributed by atoms with Crippen molar-refractivity contribution < 1.29 is 13.9 Å². The molecule has 0 aliphatic carbocycles. The number of carbonyl (C=O) groups is 1. The van der Waals surface area contributed by atoms with E-state index in [1.165, 1.54) is 12.1 Å². The second-order valence-electron chi connectivity index (χ2n) is 6.61. The summed E-state index contributed by atoms with van der Waals surface area (Å²) in [5, 5.41) is 9.22. The summed E-state index contributed by atoms with van der Waals surface area (Å²) in [5.74, 6) is 0.686. The minimum Gasteiger partial charge on any atom is -0.378 e. The van der Waals surface area contributed by atoms with Gasteiger partial charge in [-0.1, -0.05) is 26.0 Å². The highest BCUT2D eigenvalue weighted by Crippen LogP contribution is 2.09. The first-order valence-electron chi connectivity index (χ1n) is 9.53. The van der Waals surface area contributed by atoms with E-state index in [-0.39, 0.29) is 24.2 Å². The molecule has 7 heteroatoms. The molecule has 3 N–H and O–H groups in total. The highest BCUT2D eigenvalue weighted by Gasteiger charge is 2.13.